The number of nitrogens with zero attached hydrogens (tertiary/aromatic N) is 2. The van der Waals surface area contributed by atoms with Crippen molar-refractivity contribution in [3.63, 3.8) is 0 Å². The average Bonchev–Trinajstić information content (AvgIpc) is 2.28. The van der Waals surface area contributed by atoms with Crippen LogP contribution in [-0.2, 0) is 0 Å². The van der Waals surface area contributed by atoms with Gasteiger partial charge in [0.1, 0.15) is 0 Å². The third kappa shape index (κ3) is 3.10. The molecule has 0 aromatic rings. The molecule has 2 saturated heterocycles. The van der Waals surface area contributed by atoms with E-state index < -0.39 is 12.1 Å². The molecule has 1 N–H and O–H groups in total. The van der Waals surface area contributed by atoms with Crippen molar-refractivity contribution in [2.75, 3.05) is 19.6 Å². The summed E-state index contributed by atoms with van der Waals surface area (Å²) in [6.45, 7) is 0.773. The second-order valence-corrected chi connectivity index (χ2v) is 4.66. The molecule has 0 saturated carbocycles. The van der Waals surface area contributed by atoms with E-state index in [1.165, 1.54) is 0 Å². The SMILES string of the molecule is O=[N+]([O-])C1CCC(N2CC[CH]C(F)(F)C2)CN1. The van der Waals surface area contributed by atoms with E-state index in [9.17, 15) is 18.9 Å². The molecule has 0 aromatic carbocycles. The Balaban J connectivity index is 1.86. The van der Waals surface area contributed by atoms with Crippen LogP contribution >= 0.6 is 0 Å². The molecule has 0 amide bonds. The third-order valence-electron chi connectivity index (χ3n) is 3.41. The van der Waals surface area contributed by atoms with Crippen molar-refractivity contribution in [2.24, 2.45) is 0 Å². The predicted molar refractivity (Wildman–Crippen MR) is 57.2 cm³/mol. The van der Waals surface area contributed by atoms with Gasteiger partial charge in [-0.1, -0.05) is 0 Å². The van der Waals surface area contributed by atoms with Crippen LogP contribution in [-0.4, -0.2) is 47.6 Å². The molecule has 17 heavy (non-hydrogen) atoms. The number of likely N-dealkylation sites (tertiary alicyclic amines) is 1. The monoisotopic (exact) mass is 248 g/mol. The zero-order chi connectivity index (χ0) is 12.5. The molecule has 5 nitrogen and oxygen atoms in total. The number of hydrogen-bond donors (Lipinski definition) is 1. The average molecular weight is 248 g/mol. The predicted octanol–water partition coefficient (Wildman–Crippen LogP) is 0.886. The maximum atomic E-state index is 13.2. The van der Waals surface area contributed by atoms with Gasteiger partial charge < -0.3 is 0 Å². The summed E-state index contributed by atoms with van der Waals surface area (Å²) in [6, 6.07) is -0.00854. The van der Waals surface area contributed by atoms with Gasteiger partial charge >= 0.3 is 0 Å². The first-order chi connectivity index (χ1) is 7.98. The molecule has 0 aliphatic carbocycles. The summed E-state index contributed by atoms with van der Waals surface area (Å²) in [5, 5.41) is 13.3. The molecule has 2 heterocycles. The maximum Gasteiger partial charge on any atom is 0.266 e. The van der Waals surface area contributed by atoms with Crippen LogP contribution in [0.2, 0.25) is 0 Å². The molecule has 0 spiro atoms. The topological polar surface area (TPSA) is 58.4 Å². The molecule has 1 radical (unpaired) electrons. The quantitative estimate of drug-likeness (QED) is 0.582. The molecule has 0 aromatic heterocycles. The maximum absolute atomic E-state index is 13.2. The zero-order valence-electron chi connectivity index (χ0n) is 9.44. The molecule has 2 atom stereocenters. The number of rotatable bonds is 2. The van der Waals surface area contributed by atoms with Gasteiger partial charge in [0.05, 0.1) is 6.54 Å². The van der Waals surface area contributed by atoms with Gasteiger partial charge in [0.15, 0.2) is 0 Å². The van der Waals surface area contributed by atoms with E-state index in [2.05, 4.69) is 5.32 Å². The Hall–Kier alpha value is -0.820. The molecular weight excluding hydrogens is 232 g/mol. The summed E-state index contributed by atoms with van der Waals surface area (Å²) in [5.41, 5.74) is 0. The van der Waals surface area contributed by atoms with Crippen LogP contribution in [0.3, 0.4) is 0 Å². The normalized spacial score (nSPS) is 34.5. The third-order valence-corrected chi connectivity index (χ3v) is 3.41. The van der Waals surface area contributed by atoms with Crippen LogP contribution in [0.1, 0.15) is 19.3 Å². The Morgan fingerprint density at radius 2 is 2.24 bits per heavy atom. The smallest absolute Gasteiger partial charge is 0.266 e. The van der Waals surface area contributed by atoms with Gasteiger partial charge in [-0.25, -0.2) is 8.78 Å². The first-order valence-electron chi connectivity index (χ1n) is 5.81. The number of alkyl halides is 2. The molecule has 2 aliphatic heterocycles. The molecular formula is C10H16F2N3O2. The minimum absolute atomic E-state index is 0.00854. The molecule has 0 bridgehead atoms. The lowest BCUT2D eigenvalue weighted by atomic mass is 9.99. The molecule has 2 rings (SSSR count). The van der Waals surface area contributed by atoms with E-state index in [4.69, 9.17) is 0 Å². The van der Waals surface area contributed by atoms with Gasteiger partial charge in [-0.3, -0.25) is 20.3 Å². The fourth-order valence-electron chi connectivity index (χ4n) is 2.49. The van der Waals surface area contributed by atoms with Crippen LogP contribution in [0.4, 0.5) is 8.78 Å². The van der Waals surface area contributed by atoms with Crippen molar-refractivity contribution in [3.05, 3.63) is 16.5 Å². The number of nitro groups is 1. The van der Waals surface area contributed by atoms with Crippen LogP contribution in [0.15, 0.2) is 0 Å². The van der Waals surface area contributed by atoms with Gasteiger partial charge in [0.2, 0.25) is 0 Å². The Labute approximate surface area is 98.3 Å². The molecule has 2 fully saturated rings. The molecule has 7 heteroatoms. The van der Waals surface area contributed by atoms with Crippen molar-refractivity contribution in [1.29, 1.82) is 0 Å². The van der Waals surface area contributed by atoms with Crippen LogP contribution in [0.5, 0.6) is 0 Å². The van der Waals surface area contributed by atoms with E-state index in [0.717, 1.165) is 6.42 Å². The molecule has 2 aliphatic rings. The van der Waals surface area contributed by atoms with Crippen molar-refractivity contribution in [3.8, 4) is 0 Å². The molecule has 2 unspecified atom stereocenters. The van der Waals surface area contributed by atoms with E-state index >= 15 is 0 Å². The molecule has 97 valence electrons. The van der Waals surface area contributed by atoms with Crippen molar-refractivity contribution in [1.82, 2.24) is 10.2 Å². The van der Waals surface area contributed by atoms with Gasteiger partial charge in [-0.05, 0) is 19.4 Å². The van der Waals surface area contributed by atoms with Crippen LogP contribution in [0, 0.1) is 16.5 Å². The number of nitrogens with one attached hydrogen (secondary N) is 1. The van der Waals surface area contributed by atoms with E-state index in [0.29, 0.717) is 32.4 Å². The first kappa shape index (κ1) is 12.6. The van der Waals surface area contributed by atoms with Gasteiger partial charge in [-0.15, -0.1) is 0 Å². The highest BCUT2D eigenvalue weighted by molar-refractivity contribution is 4.95. The Morgan fingerprint density at radius 1 is 1.47 bits per heavy atom. The number of piperidine rings is 2. The highest BCUT2D eigenvalue weighted by Gasteiger charge is 2.39. The van der Waals surface area contributed by atoms with E-state index in [1.54, 1.807) is 4.90 Å². The highest BCUT2D eigenvalue weighted by Crippen LogP contribution is 2.28. The lowest BCUT2D eigenvalue weighted by Crippen LogP contribution is -2.56. The Kier molecular flexibility index (Phi) is 3.58. The zero-order valence-corrected chi connectivity index (χ0v) is 9.44. The summed E-state index contributed by atoms with van der Waals surface area (Å²) in [6.07, 6.45) is 1.73. The summed E-state index contributed by atoms with van der Waals surface area (Å²) in [7, 11) is 0. The number of halogens is 2. The van der Waals surface area contributed by atoms with Gasteiger partial charge in [0.25, 0.3) is 12.1 Å². The minimum Gasteiger partial charge on any atom is -0.293 e. The highest BCUT2D eigenvalue weighted by atomic mass is 19.3. The lowest BCUT2D eigenvalue weighted by Gasteiger charge is -2.40. The lowest BCUT2D eigenvalue weighted by molar-refractivity contribution is -0.532. The summed E-state index contributed by atoms with van der Waals surface area (Å²) in [5.74, 6) is -2.72. The van der Waals surface area contributed by atoms with E-state index in [1.807, 2.05) is 0 Å². The van der Waals surface area contributed by atoms with Crippen molar-refractivity contribution < 1.29 is 13.7 Å². The van der Waals surface area contributed by atoms with E-state index in [-0.39, 0.29) is 17.5 Å². The summed E-state index contributed by atoms with van der Waals surface area (Å²) in [4.78, 5) is 11.9. The van der Waals surface area contributed by atoms with Gasteiger partial charge in [0, 0.05) is 30.4 Å². The standard InChI is InChI=1S/C10H16F2N3O2/c11-10(12)4-1-5-14(7-10)8-2-3-9(13-6-8)15(16)17/h4,8-9,13H,1-3,5-7H2. The van der Waals surface area contributed by atoms with Crippen LogP contribution < -0.4 is 5.32 Å². The first-order valence-corrected chi connectivity index (χ1v) is 5.81. The summed E-state index contributed by atoms with van der Waals surface area (Å²) >= 11 is 0. The largest absolute Gasteiger partial charge is 0.293 e. The second-order valence-electron chi connectivity index (χ2n) is 4.66. The summed E-state index contributed by atoms with van der Waals surface area (Å²) < 4.78 is 26.4. The second kappa shape index (κ2) is 4.81. The van der Waals surface area contributed by atoms with Gasteiger partial charge in [-0.2, -0.15) is 0 Å². The number of hydrogen-bond acceptors (Lipinski definition) is 4. The fourth-order valence-corrected chi connectivity index (χ4v) is 2.49. The Bertz CT molecular complexity index is 293. The minimum atomic E-state index is -2.72. The Morgan fingerprint density at radius 3 is 2.76 bits per heavy atom. The van der Waals surface area contributed by atoms with Crippen molar-refractivity contribution in [2.45, 2.75) is 37.4 Å². The fraction of sp³-hybridized carbons (Fsp3) is 0.900. The van der Waals surface area contributed by atoms with Crippen molar-refractivity contribution >= 4 is 0 Å². The van der Waals surface area contributed by atoms with Crippen LogP contribution in [0.25, 0.3) is 0 Å².